The average molecular weight is 482 g/mol. The molecule has 1 saturated carbocycles. The van der Waals surface area contributed by atoms with Gasteiger partial charge in [0, 0.05) is 25.1 Å². The number of rotatable bonds is 3. The lowest BCUT2D eigenvalue weighted by Crippen LogP contribution is -2.70. The number of aryl methyl sites for hydroxylation is 1. The Balaban J connectivity index is 1.46. The highest BCUT2D eigenvalue weighted by molar-refractivity contribution is 6.29. The van der Waals surface area contributed by atoms with Crippen molar-refractivity contribution >= 4 is 23.3 Å². The number of hydrogen-bond acceptors (Lipinski definition) is 6. The van der Waals surface area contributed by atoms with Crippen LogP contribution in [0, 0.1) is 12.8 Å². The van der Waals surface area contributed by atoms with Crippen LogP contribution in [0.25, 0.3) is 5.69 Å². The van der Waals surface area contributed by atoms with Crippen LogP contribution < -0.4 is 5.32 Å². The standard InChI is InChI=1S/C20H19ClF3N7O2/c1-10-5-13-8-19(7-10,17-28-27-11(2)33-17)30(13)18(32)26-12-3-4-14(20(22,23)24)15(6-12)31-25-9-16(21)29-31/h3-4,6,9-10,13H,5,7-8H2,1-2H3,(H,26,32)/t10-,13?,19?/m1/s1. The molecule has 3 atom stereocenters. The second-order valence-electron chi connectivity index (χ2n) is 8.55. The molecule has 2 unspecified atom stereocenters. The van der Waals surface area contributed by atoms with Crippen LogP contribution in [-0.4, -0.2) is 42.2 Å². The summed E-state index contributed by atoms with van der Waals surface area (Å²) in [5.41, 5.74) is -1.88. The first kappa shape index (κ1) is 21.7. The number of halogens is 4. The zero-order valence-electron chi connectivity index (χ0n) is 17.6. The number of carbonyl (C=O) groups is 1. The van der Waals surface area contributed by atoms with Gasteiger partial charge in [0.25, 0.3) is 0 Å². The minimum absolute atomic E-state index is 0.0264. The molecule has 2 amide bonds. The third kappa shape index (κ3) is 3.62. The molecule has 0 spiro atoms. The molecule has 9 nitrogen and oxygen atoms in total. The number of likely N-dealkylation sites (tertiary alicyclic amines) is 1. The predicted octanol–water partition coefficient (Wildman–Crippen LogP) is 4.56. The Morgan fingerprint density at radius 1 is 1.30 bits per heavy atom. The average Bonchev–Trinajstić information content (AvgIpc) is 3.35. The van der Waals surface area contributed by atoms with E-state index in [-0.39, 0.29) is 22.6 Å². The maximum absolute atomic E-state index is 13.5. The molecular weight excluding hydrogens is 463 g/mol. The van der Waals surface area contributed by atoms with Gasteiger partial charge in [0.2, 0.25) is 11.8 Å². The highest BCUT2D eigenvalue weighted by Crippen LogP contribution is 2.55. The number of amides is 2. The number of benzene rings is 1. The second kappa shape index (κ2) is 7.44. The van der Waals surface area contributed by atoms with Gasteiger partial charge in [-0.3, -0.25) is 0 Å². The van der Waals surface area contributed by atoms with Crippen LogP contribution in [0.4, 0.5) is 23.7 Å². The molecule has 174 valence electrons. The molecule has 2 aromatic heterocycles. The van der Waals surface area contributed by atoms with Crippen molar-refractivity contribution in [3.8, 4) is 5.69 Å². The van der Waals surface area contributed by atoms with Gasteiger partial charge < -0.3 is 14.6 Å². The Morgan fingerprint density at radius 2 is 2.09 bits per heavy atom. The van der Waals surface area contributed by atoms with E-state index in [0.29, 0.717) is 30.5 Å². The van der Waals surface area contributed by atoms with Gasteiger partial charge in [-0.15, -0.1) is 20.1 Å². The van der Waals surface area contributed by atoms with Crippen molar-refractivity contribution in [1.82, 2.24) is 30.1 Å². The third-order valence-corrected chi connectivity index (χ3v) is 6.31. The van der Waals surface area contributed by atoms with Gasteiger partial charge in [-0.1, -0.05) is 18.5 Å². The Labute approximate surface area is 190 Å². The molecule has 5 rings (SSSR count). The van der Waals surface area contributed by atoms with Gasteiger partial charge in [0.05, 0.1) is 17.4 Å². The van der Waals surface area contributed by atoms with Crippen LogP contribution >= 0.6 is 11.6 Å². The number of anilines is 1. The zero-order valence-corrected chi connectivity index (χ0v) is 18.4. The lowest BCUT2D eigenvalue weighted by molar-refractivity contribution is -0.137. The van der Waals surface area contributed by atoms with Crippen LogP contribution in [-0.2, 0) is 11.7 Å². The van der Waals surface area contributed by atoms with Crippen LogP contribution in [0.2, 0.25) is 5.15 Å². The minimum Gasteiger partial charge on any atom is -0.423 e. The van der Waals surface area contributed by atoms with Gasteiger partial charge in [0.15, 0.2) is 5.15 Å². The maximum atomic E-state index is 13.5. The van der Waals surface area contributed by atoms with Crippen molar-refractivity contribution in [2.45, 2.75) is 50.9 Å². The normalized spacial score (nSPS) is 24.5. The highest BCUT2D eigenvalue weighted by atomic mass is 35.5. The summed E-state index contributed by atoms with van der Waals surface area (Å²) in [5, 5.41) is 18.3. The quantitative estimate of drug-likeness (QED) is 0.588. The summed E-state index contributed by atoms with van der Waals surface area (Å²) in [4.78, 5) is 15.7. The van der Waals surface area contributed by atoms with Crippen LogP contribution in [0.3, 0.4) is 0 Å². The summed E-state index contributed by atoms with van der Waals surface area (Å²) in [5.74, 6) is 1.13. The monoisotopic (exact) mass is 481 g/mol. The molecule has 13 heteroatoms. The highest BCUT2D eigenvalue weighted by Gasteiger charge is 2.62. The van der Waals surface area contributed by atoms with Gasteiger partial charge in [-0.2, -0.15) is 18.3 Å². The van der Waals surface area contributed by atoms with E-state index in [1.807, 2.05) is 0 Å². The van der Waals surface area contributed by atoms with Crippen molar-refractivity contribution in [2.75, 3.05) is 5.32 Å². The fourth-order valence-electron chi connectivity index (χ4n) is 4.99. The van der Waals surface area contributed by atoms with Crippen molar-refractivity contribution in [3.63, 3.8) is 0 Å². The van der Waals surface area contributed by atoms with E-state index in [1.165, 1.54) is 12.1 Å². The number of aromatic nitrogens is 5. The number of fused-ring (bicyclic) bond motifs is 2. The molecule has 3 aromatic rings. The summed E-state index contributed by atoms with van der Waals surface area (Å²) >= 11 is 5.74. The number of nitrogens with one attached hydrogen (secondary N) is 1. The van der Waals surface area contributed by atoms with E-state index < -0.39 is 23.3 Å². The number of hydrogen-bond donors (Lipinski definition) is 1. The molecule has 1 aliphatic carbocycles. The van der Waals surface area contributed by atoms with Crippen LogP contribution in [0.5, 0.6) is 0 Å². The Morgan fingerprint density at radius 3 is 2.73 bits per heavy atom. The van der Waals surface area contributed by atoms with E-state index in [9.17, 15) is 18.0 Å². The number of piperidine rings is 1. The first-order valence-electron chi connectivity index (χ1n) is 10.3. The van der Waals surface area contributed by atoms with E-state index in [1.54, 1.807) is 11.8 Å². The molecule has 1 aliphatic heterocycles. The molecule has 3 heterocycles. The topological polar surface area (TPSA) is 102 Å². The summed E-state index contributed by atoms with van der Waals surface area (Å²) in [6.45, 7) is 3.78. The molecule has 0 radical (unpaired) electrons. The van der Waals surface area contributed by atoms with Crippen molar-refractivity contribution in [3.05, 3.63) is 46.9 Å². The number of urea groups is 1. The number of carbonyl (C=O) groups excluding carboxylic acids is 1. The number of alkyl halides is 3. The van der Waals surface area contributed by atoms with Gasteiger partial charge in [-0.05, 0) is 37.0 Å². The van der Waals surface area contributed by atoms with Crippen molar-refractivity contribution in [2.24, 2.45) is 5.92 Å². The Bertz CT molecular complexity index is 1230. The molecule has 1 N–H and O–H groups in total. The van der Waals surface area contributed by atoms with E-state index in [2.05, 4.69) is 32.6 Å². The minimum atomic E-state index is -4.65. The van der Waals surface area contributed by atoms with Gasteiger partial charge in [0.1, 0.15) is 5.54 Å². The fraction of sp³-hybridized carbons (Fsp3) is 0.450. The van der Waals surface area contributed by atoms with Crippen molar-refractivity contribution < 1.29 is 22.4 Å². The van der Waals surface area contributed by atoms with Gasteiger partial charge in [-0.25, -0.2) is 4.79 Å². The first-order chi connectivity index (χ1) is 15.6. The summed E-state index contributed by atoms with van der Waals surface area (Å²) in [6.07, 6.45) is -1.35. The Kier molecular flexibility index (Phi) is 4.89. The van der Waals surface area contributed by atoms with Crippen LogP contribution in [0.1, 0.15) is 43.5 Å². The predicted molar refractivity (Wildman–Crippen MR) is 110 cm³/mol. The first-order valence-corrected chi connectivity index (χ1v) is 10.6. The fourth-order valence-corrected chi connectivity index (χ4v) is 5.11. The molecule has 2 aliphatic rings. The summed E-state index contributed by atoms with van der Waals surface area (Å²) in [7, 11) is 0. The molecular formula is C20H19ClF3N7O2. The van der Waals surface area contributed by atoms with Crippen LogP contribution in [0.15, 0.2) is 28.8 Å². The maximum Gasteiger partial charge on any atom is 0.418 e. The molecule has 1 aromatic carbocycles. The Hall–Kier alpha value is -3.15. The SMILES string of the molecule is Cc1nnc(C23CC(C[C@@H](C)C2)N3C(=O)Nc2ccc(C(F)(F)F)c(-n3ncc(Cl)n3)c2)o1. The lowest BCUT2D eigenvalue weighted by Gasteiger charge is -2.61. The summed E-state index contributed by atoms with van der Waals surface area (Å²) < 4.78 is 46.3. The second-order valence-corrected chi connectivity index (χ2v) is 8.93. The molecule has 2 bridgehead atoms. The van der Waals surface area contributed by atoms with E-state index in [0.717, 1.165) is 23.5 Å². The van der Waals surface area contributed by atoms with E-state index >= 15 is 0 Å². The smallest absolute Gasteiger partial charge is 0.418 e. The van der Waals surface area contributed by atoms with E-state index in [4.69, 9.17) is 16.0 Å². The largest absolute Gasteiger partial charge is 0.423 e. The van der Waals surface area contributed by atoms with Gasteiger partial charge >= 0.3 is 12.2 Å². The molecule has 33 heavy (non-hydrogen) atoms. The molecule has 2 fully saturated rings. The molecule has 1 saturated heterocycles. The zero-order chi connectivity index (χ0) is 23.5. The summed E-state index contributed by atoms with van der Waals surface area (Å²) in [6, 6.07) is 2.75. The van der Waals surface area contributed by atoms with Crippen molar-refractivity contribution in [1.29, 1.82) is 0 Å². The third-order valence-electron chi connectivity index (χ3n) is 6.14. The number of nitrogens with zero attached hydrogens (tertiary/aromatic N) is 6. The lowest BCUT2D eigenvalue weighted by atomic mass is 9.64.